The van der Waals surface area contributed by atoms with Gasteiger partial charge in [-0.2, -0.15) is 0 Å². The first-order valence-electron chi connectivity index (χ1n) is 4.04. The summed E-state index contributed by atoms with van der Waals surface area (Å²) in [5.74, 6) is 5.02. The summed E-state index contributed by atoms with van der Waals surface area (Å²) in [6.07, 6.45) is 3.05. The Balaban J connectivity index is 4.20. The number of nitrogens with two attached hydrogens (primary N) is 1. The molecule has 0 rings (SSSR count). The topological polar surface area (TPSA) is 35.2 Å². The molecule has 3 heteroatoms. The first kappa shape index (κ1) is 11.8. The van der Waals surface area contributed by atoms with Crippen LogP contribution in [0, 0.1) is 0 Å². The third-order valence-corrected chi connectivity index (χ3v) is 2.73. The Morgan fingerprint density at radius 2 is 2.25 bits per heavy atom. The van der Waals surface area contributed by atoms with E-state index in [0.29, 0.717) is 6.61 Å². The van der Waals surface area contributed by atoms with E-state index in [2.05, 4.69) is 18.7 Å². The van der Waals surface area contributed by atoms with E-state index in [9.17, 15) is 0 Å². The highest BCUT2D eigenvalue weighted by molar-refractivity contribution is 8.05. The minimum absolute atomic E-state index is 0.509. The van der Waals surface area contributed by atoms with Crippen LogP contribution < -0.4 is 5.90 Å². The van der Waals surface area contributed by atoms with E-state index >= 15 is 0 Å². The molecule has 0 bridgehead atoms. The van der Waals surface area contributed by atoms with Gasteiger partial charge in [-0.1, -0.05) is 18.6 Å². The summed E-state index contributed by atoms with van der Waals surface area (Å²) in [5.41, 5.74) is 1.34. The molecule has 0 aliphatic rings. The van der Waals surface area contributed by atoms with E-state index in [-0.39, 0.29) is 0 Å². The maximum atomic E-state index is 5.02. The first-order valence-corrected chi connectivity index (χ1v) is 4.92. The quantitative estimate of drug-likeness (QED) is 0.672. The molecular formula is C9H17NOS. The molecule has 0 heterocycles. The van der Waals surface area contributed by atoms with Gasteiger partial charge in [0.1, 0.15) is 0 Å². The van der Waals surface area contributed by atoms with Crippen LogP contribution in [-0.4, -0.2) is 6.61 Å². The molecule has 0 aliphatic carbocycles. The molecule has 2 nitrogen and oxygen atoms in total. The first-order chi connectivity index (χ1) is 5.76. The molecule has 0 unspecified atom stereocenters. The van der Waals surface area contributed by atoms with Gasteiger partial charge in [-0.3, -0.25) is 4.84 Å². The second-order valence-electron chi connectivity index (χ2n) is 2.46. The van der Waals surface area contributed by atoms with Crippen LogP contribution in [0.25, 0.3) is 0 Å². The number of rotatable bonds is 5. The molecule has 0 aromatic heterocycles. The van der Waals surface area contributed by atoms with Gasteiger partial charge in [0.05, 0.1) is 6.61 Å². The van der Waals surface area contributed by atoms with E-state index < -0.39 is 0 Å². The van der Waals surface area contributed by atoms with Crippen LogP contribution in [0.1, 0.15) is 27.2 Å². The summed E-state index contributed by atoms with van der Waals surface area (Å²) >= 11 is 1.67. The molecule has 0 radical (unpaired) electrons. The summed E-state index contributed by atoms with van der Waals surface area (Å²) in [5, 5.41) is 2.04. The highest BCUT2D eigenvalue weighted by atomic mass is 32.2. The number of hydrogen-bond acceptors (Lipinski definition) is 3. The van der Waals surface area contributed by atoms with Crippen molar-refractivity contribution in [1.29, 1.82) is 0 Å². The molecule has 0 saturated carbocycles. The molecule has 2 N–H and O–H groups in total. The standard InChI is InChI=1S/C9H17NOS/c1-4-6-12-9(7-11-10)8(3)5-2/h4,6H,5,7,10H2,1-3H3/b6-4-,9-8-. The van der Waals surface area contributed by atoms with Crippen molar-refractivity contribution in [2.24, 2.45) is 5.90 Å². The van der Waals surface area contributed by atoms with Crippen molar-refractivity contribution in [3.63, 3.8) is 0 Å². The Labute approximate surface area is 78.8 Å². The Morgan fingerprint density at radius 3 is 2.67 bits per heavy atom. The highest BCUT2D eigenvalue weighted by Crippen LogP contribution is 2.22. The van der Waals surface area contributed by atoms with Gasteiger partial charge in [-0.25, -0.2) is 5.90 Å². The van der Waals surface area contributed by atoms with Gasteiger partial charge in [0.15, 0.2) is 0 Å². The Hall–Kier alpha value is -0.250. The second kappa shape index (κ2) is 7.40. The minimum Gasteiger partial charge on any atom is -0.299 e. The van der Waals surface area contributed by atoms with E-state index in [1.54, 1.807) is 11.8 Å². The molecule has 0 saturated heterocycles. The van der Waals surface area contributed by atoms with Crippen LogP contribution in [0.4, 0.5) is 0 Å². The van der Waals surface area contributed by atoms with Gasteiger partial charge >= 0.3 is 0 Å². The Kier molecular flexibility index (Phi) is 7.25. The summed E-state index contributed by atoms with van der Waals surface area (Å²) in [6, 6.07) is 0. The second-order valence-corrected chi connectivity index (χ2v) is 3.46. The Bertz CT molecular complexity index is 175. The minimum atomic E-state index is 0.509. The van der Waals surface area contributed by atoms with E-state index in [0.717, 1.165) is 6.42 Å². The Morgan fingerprint density at radius 1 is 1.58 bits per heavy atom. The molecule has 0 fully saturated rings. The summed E-state index contributed by atoms with van der Waals surface area (Å²) in [4.78, 5) is 5.82. The van der Waals surface area contributed by atoms with Crippen molar-refractivity contribution in [2.45, 2.75) is 27.2 Å². The third-order valence-electron chi connectivity index (χ3n) is 1.57. The fourth-order valence-corrected chi connectivity index (χ4v) is 1.46. The monoisotopic (exact) mass is 187 g/mol. The van der Waals surface area contributed by atoms with Crippen LogP contribution >= 0.6 is 11.8 Å². The maximum absolute atomic E-state index is 5.02. The number of allylic oxidation sites excluding steroid dienone is 2. The third kappa shape index (κ3) is 4.59. The average molecular weight is 187 g/mol. The molecule has 12 heavy (non-hydrogen) atoms. The van der Waals surface area contributed by atoms with Crippen LogP contribution in [0.15, 0.2) is 22.0 Å². The lowest BCUT2D eigenvalue weighted by molar-refractivity contribution is 0.165. The lowest BCUT2D eigenvalue weighted by atomic mass is 10.2. The smallest absolute Gasteiger partial charge is 0.0990 e. The number of hydrogen-bond donors (Lipinski definition) is 1. The van der Waals surface area contributed by atoms with Crippen molar-refractivity contribution in [3.8, 4) is 0 Å². The fourth-order valence-electron chi connectivity index (χ4n) is 0.681. The van der Waals surface area contributed by atoms with Gasteiger partial charge in [0, 0.05) is 4.91 Å². The van der Waals surface area contributed by atoms with Gasteiger partial charge in [-0.15, -0.1) is 11.8 Å². The molecule has 0 aliphatic heterocycles. The largest absolute Gasteiger partial charge is 0.299 e. The van der Waals surface area contributed by atoms with Crippen LogP contribution in [-0.2, 0) is 4.84 Å². The summed E-state index contributed by atoms with van der Waals surface area (Å²) < 4.78 is 0. The fraction of sp³-hybridized carbons (Fsp3) is 0.556. The van der Waals surface area contributed by atoms with E-state index in [4.69, 9.17) is 5.90 Å². The lowest BCUT2D eigenvalue weighted by Crippen LogP contribution is -2.02. The predicted molar refractivity (Wildman–Crippen MR) is 55.5 cm³/mol. The SMILES string of the molecule is C/C=C\S/C(CON)=C(/C)CC. The summed E-state index contributed by atoms with van der Waals surface area (Å²) in [6.45, 7) is 6.73. The highest BCUT2D eigenvalue weighted by Gasteiger charge is 1.99. The molecule has 0 spiro atoms. The molecule has 0 amide bonds. The van der Waals surface area contributed by atoms with Crippen LogP contribution in [0.2, 0.25) is 0 Å². The zero-order valence-electron chi connectivity index (χ0n) is 7.96. The zero-order valence-corrected chi connectivity index (χ0v) is 8.78. The van der Waals surface area contributed by atoms with Crippen molar-refractivity contribution in [2.75, 3.05) is 6.61 Å². The summed E-state index contributed by atoms with van der Waals surface area (Å²) in [7, 11) is 0. The van der Waals surface area contributed by atoms with Gasteiger partial charge in [0.2, 0.25) is 0 Å². The molecule has 0 aromatic carbocycles. The van der Waals surface area contributed by atoms with Crippen LogP contribution in [0.3, 0.4) is 0 Å². The molecular weight excluding hydrogens is 170 g/mol. The van der Waals surface area contributed by atoms with E-state index in [1.165, 1.54) is 10.5 Å². The maximum Gasteiger partial charge on any atom is 0.0990 e. The van der Waals surface area contributed by atoms with Crippen molar-refractivity contribution in [1.82, 2.24) is 0 Å². The average Bonchev–Trinajstić information content (AvgIpc) is 2.11. The van der Waals surface area contributed by atoms with Gasteiger partial charge in [-0.05, 0) is 25.7 Å². The van der Waals surface area contributed by atoms with Crippen molar-refractivity contribution >= 4 is 11.8 Å². The van der Waals surface area contributed by atoms with Gasteiger partial charge in [0.25, 0.3) is 0 Å². The van der Waals surface area contributed by atoms with Crippen molar-refractivity contribution in [3.05, 3.63) is 22.0 Å². The normalized spacial score (nSPS) is 13.7. The van der Waals surface area contributed by atoms with E-state index in [1.807, 2.05) is 18.4 Å². The molecule has 0 aromatic rings. The molecule has 70 valence electrons. The lowest BCUT2D eigenvalue weighted by Gasteiger charge is -2.06. The van der Waals surface area contributed by atoms with Crippen molar-refractivity contribution < 1.29 is 4.84 Å². The van der Waals surface area contributed by atoms with Crippen LogP contribution in [0.5, 0.6) is 0 Å². The molecule has 0 atom stereocenters. The number of thioether (sulfide) groups is 1. The van der Waals surface area contributed by atoms with Gasteiger partial charge < -0.3 is 0 Å². The zero-order chi connectivity index (χ0) is 9.40. The predicted octanol–water partition coefficient (Wildman–Crippen LogP) is 2.83.